The molecule has 90 valence electrons. The van der Waals surface area contributed by atoms with E-state index in [1.165, 1.54) is 45.4 Å². The second-order valence-corrected chi connectivity index (χ2v) is 4.59. The van der Waals surface area contributed by atoms with E-state index in [0.717, 1.165) is 18.9 Å². The zero-order valence-corrected chi connectivity index (χ0v) is 10.0. The van der Waals surface area contributed by atoms with Gasteiger partial charge < -0.3 is 15.3 Å². The molecule has 0 bridgehead atoms. The number of piperidine rings is 1. The standard InChI is InChI=1S/C12H26N2O/c1-2-7-14(8-4-9-15)11-12-5-3-6-13-10-12/h12-13,15H,2-11H2,1H3. The minimum Gasteiger partial charge on any atom is -0.396 e. The Balaban J connectivity index is 2.21. The fourth-order valence-electron chi connectivity index (χ4n) is 2.35. The summed E-state index contributed by atoms with van der Waals surface area (Å²) in [6.07, 6.45) is 4.82. The first-order chi connectivity index (χ1) is 7.36. The van der Waals surface area contributed by atoms with Crippen LogP contribution in [0.25, 0.3) is 0 Å². The molecule has 0 aromatic heterocycles. The van der Waals surface area contributed by atoms with Crippen molar-refractivity contribution in [3.8, 4) is 0 Å². The summed E-state index contributed by atoms with van der Waals surface area (Å²) in [6.45, 7) is 8.37. The van der Waals surface area contributed by atoms with Crippen LogP contribution in [0.5, 0.6) is 0 Å². The van der Waals surface area contributed by atoms with Crippen LogP contribution in [0.2, 0.25) is 0 Å². The minimum atomic E-state index is 0.323. The fraction of sp³-hybridized carbons (Fsp3) is 1.00. The summed E-state index contributed by atoms with van der Waals surface area (Å²) in [5, 5.41) is 12.3. The number of nitrogens with one attached hydrogen (secondary N) is 1. The smallest absolute Gasteiger partial charge is 0.0443 e. The van der Waals surface area contributed by atoms with E-state index in [0.29, 0.717) is 6.61 Å². The first-order valence-electron chi connectivity index (χ1n) is 6.40. The SMILES string of the molecule is CCCN(CCCO)CC1CCCNC1. The summed E-state index contributed by atoms with van der Waals surface area (Å²) in [5.74, 6) is 0.823. The molecule has 1 fully saturated rings. The van der Waals surface area contributed by atoms with Gasteiger partial charge in [0.25, 0.3) is 0 Å². The van der Waals surface area contributed by atoms with Crippen LogP contribution in [-0.2, 0) is 0 Å². The number of hydrogen-bond donors (Lipinski definition) is 2. The van der Waals surface area contributed by atoms with Crippen molar-refractivity contribution < 1.29 is 5.11 Å². The van der Waals surface area contributed by atoms with E-state index >= 15 is 0 Å². The first kappa shape index (κ1) is 12.9. The highest BCUT2D eigenvalue weighted by Gasteiger charge is 2.16. The molecule has 0 amide bonds. The largest absolute Gasteiger partial charge is 0.396 e. The van der Waals surface area contributed by atoms with Crippen molar-refractivity contribution >= 4 is 0 Å². The Kier molecular flexibility index (Phi) is 6.98. The Morgan fingerprint density at radius 2 is 2.27 bits per heavy atom. The Labute approximate surface area is 93.9 Å². The van der Waals surface area contributed by atoms with Crippen LogP contribution in [0.1, 0.15) is 32.6 Å². The molecule has 0 aromatic carbocycles. The lowest BCUT2D eigenvalue weighted by molar-refractivity contribution is 0.186. The monoisotopic (exact) mass is 214 g/mol. The van der Waals surface area contributed by atoms with Crippen LogP contribution < -0.4 is 5.32 Å². The van der Waals surface area contributed by atoms with Crippen LogP contribution >= 0.6 is 0 Å². The van der Waals surface area contributed by atoms with Crippen molar-refractivity contribution in [1.29, 1.82) is 0 Å². The summed E-state index contributed by atoms with van der Waals surface area (Å²) in [6, 6.07) is 0. The maximum Gasteiger partial charge on any atom is 0.0443 e. The topological polar surface area (TPSA) is 35.5 Å². The average Bonchev–Trinajstić information content (AvgIpc) is 2.28. The van der Waals surface area contributed by atoms with Crippen LogP contribution in [-0.4, -0.2) is 49.3 Å². The van der Waals surface area contributed by atoms with Crippen molar-refractivity contribution in [3.63, 3.8) is 0 Å². The molecular weight excluding hydrogens is 188 g/mol. The Hall–Kier alpha value is -0.120. The van der Waals surface area contributed by atoms with Gasteiger partial charge in [0, 0.05) is 19.7 Å². The molecular formula is C12H26N2O. The van der Waals surface area contributed by atoms with Gasteiger partial charge >= 0.3 is 0 Å². The van der Waals surface area contributed by atoms with E-state index in [9.17, 15) is 0 Å². The van der Waals surface area contributed by atoms with Crippen molar-refractivity contribution in [2.45, 2.75) is 32.6 Å². The second-order valence-electron chi connectivity index (χ2n) is 4.59. The predicted molar refractivity (Wildman–Crippen MR) is 64.0 cm³/mol. The molecule has 3 nitrogen and oxygen atoms in total. The summed E-state index contributed by atoms with van der Waals surface area (Å²) >= 11 is 0. The van der Waals surface area contributed by atoms with E-state index in [4.69, 9.17) is 5.11 Å². The first-order valence-corrected chi connectivity index (χ1v) is 6.40. The lowest BCUT2D eigenvalue weighted by Gasteiger charge is -2.29. The molecule has 1 aliphatic rings. The molecule has 2 N–H and O–H groups in total. The van der Waals surface area contributed by atoms with Gasteiger partial charge in [-0.15, -0.1) is 0 Å². The van der Waals surface area contributed by atoms with Crippen LogP contribution in [0.15, 0.2) is 0 Å². The molecule has 0 aliphatic carbocycles. The van der Waals surface area contributed by atoms with Crippen molar-refractivity contribution in [1.82, 2.24) is 10.2 Å². The molecule has 1 aliphatic heterocycles. The van der Waals surface area contributed by atoms with Crippen molar-refractivity contribution in [3.05, 3.63) is 0 Å². The molecule has 0 saturated carbocycles. The van der Waals surface area contributed by atoms with Gasteiger partial charge in [-0.2, -0.15) is 0 Å². The predicted octanol–water partition coefficient (Wildman–Crippen LogP) is 1.08. The number of nitrogens with zero attached hydrogens (tertiary/aromatic N) is 1. The van der Waals surface area contributed by atoms with E-state index in [2.05, 4.69) is 17.1 Å². The average molecular weight is 214 g/mol. The van der Waals surface area contributed by atoms with Gasteiger partial charge in [0.1, 0.15) is 0 Å². The third-order valence-corrected chi connectivity index (χ3v) is 3.09. The van der Waals surface area contributed by atoms with Gasteiger partial charge in [0.15, 0.2) is 0 Å². The maximum atomic E-state index is 8.85. The number of rotatable bonds is 7. The van der Waals surface area contributed by atoms with Crippen LogP contribution in [0.4, 0.5) is 0 Å². The number of aliphatic hydroxyl groups excluding tert-OH is 1. The van der Waals surface area contributed by atoms with E-state index in [1.54, 1.807) is 0 Å². The molecule has 0 spiro atoms. The highest BCUT2D eigenvalue weighted by molar-refractivity contribution is 4.72. The molecule has 1 saturated heterocycles. The Morgan fingerprint density at radius 1 is 1.40 bits per heavy atom. The molecule has 0 radical (unpaired) electrons. The van der Waals surface area contributed by atoms with Gasteiger partial charge in [-0.05, 0) is 51.2 Å². The molecule has 1 atom stereocenters. The number of aliphatic hydroxyl groups is 1. The molecule has 1 heterocycles. The lowest BCUT2D eigenvalue weighted by Crippen LogP contribution is -2.39. The summed E-state index contributed by atoms with van der Waals surface area (Å²) in [7, 11) is 0. The van der Waals surface area contributed by atoms with Gasteiger partial charge in [0.2, 0.25) is 0 Å². The van der Waals surface area contributed by atoms with Crippen LogP contribution in [0, 0.1) is 5.92 Å². The van der Waals surface area contributed by atoms with E-state index in [1.807, 2.05) is 0 Å². The van der Waals surface area contributed by atoms with Gasteiger partial charge in [-0.25, -0.2) is 0 Å². The fourth-order valence-corrected chi connectivity index (χ4v) is 2.35. The molecule has 0 aromatic rings. The van der Waals surface area contributed by atoms with Crippen LogP contribution in [0.3, 0.4) is 0 Å². The Bertz CT molecular complexity index is 147. The van der Waals surface area contributed by atoms with Gasteiger partial charge in [-0.1, -0.05) is 6.92 Å². The highest BCUT2D eigenvalue weighted by Crippen LogP contribution is 2.12. The second kappa shape index (κ2) is 8.08. The summed E-state index contributed by atoms with van der Waals surface area (Å²) in [4.78, 5) is 2.51. The quantitative estimate of drug-likeness (QED) is 0.666. The number of hydrogen-bond acceptors (Lipinski definition) is 3. The zero-order valence-electron chi connectivity index (χ0n) is 10.0. The Morgan fingerprint density at radius 3 is 2.87 bits per heavy atom. The molecule has 15 heavy (non-hydrogen) atoms. The third-order valence-electron chi connectivity index (χ3n) is 3.09. The van der Waals surface area contributed by atoms with Gasteiger partial charge in [-0.3, -0.25) is 0 Å². The lowest BCUT2D eigenvalue weighted by atomic mass is 9.99. The van der Waals surface area contributed by atoms with Crippen molar-refractivity contribution in [2.24, 2.45) is 5.92 Å². The zero-order chi connectivity index (χ0) is 10.9. The maximum absolute atomic E-state index is 8.85. The van der Waals surface area contributed by atoms with Crippen molar-refractivity contribution in [2.75, 3.05) is 39.3 Å². The van der Waals surface area contributed by atoms with Gasteiger partial charge in [0.05, 0.1) is 0 Å². The summed E-state index contributed by atoms with van der Waals surface area (Å²) in [5.41, 5.74) is 0. The van der Waals surface area contributed by atoms with E-state index < -0.39 is 0 Å². The minimum absolute atomic E-state index is 0.323. The normalized spacial score (nSPS) is 22.2. The van der Waals surface area contributed by atoms with E-state index in [-0.39, 0.29) is 0 Å². The highest BCUT2D eigenvalue weighted by atomic mass is 16.3. The molecule has 1 unspecified atom stereocenters. The molecule has 3 heteroatoms. The molecule has 1 rings (SSSR count). The summed E-state index contributed by atoms with van der Waals surface area (Å²) < 4.78 is 0. The third kappa shape index (κ3) is 5.50.